The van der Waals surface area contributed by atoms with Gasteiger partial charge in [0.25, 0.3) is 0 Å². The molecular formula is C21H25N5O2. The van der Waals surface area contributed by atoms with E-state index in [9.17, 15) is 5.11 Å². The molecule has 0 aromatic carbocycles. The first-order valence-corrected chi connectivity index (χ1v) is 9.76. The van der Waals surface area contributed by atoms with Crippen molar-refractivity contribution >= 4 is 11.5 Å². The highest BCUT2D eigenvalue weighted by atomic mass is 16.5. The molecule has 0 amide bonds. The molecule has 3 aromatic rings. The Morgan fingerprint density at radius 2 is 2.18 bits per heavy atom. The highest BCUT2D eigenvalue weighted by Gasteiger charge is 2.41. The van der Waals surface area contributed by atoms with Crippen LogP contribution in [-0.4, -0.2) is 51.8 Å². The Bertz CT molecular complexity index is 1030. The lowest BCUT2D eigenvalue weighted by atomic mass is 9.99. The number of hydrogen-bond acceptors (Lipinski definition) is 6. The molecule has 0 bridgehead atoms. The van der Waals surface area contributed by atoms with Crippen molar-refractivity contribution in [2.45, 2.75) is 37.3 Å². The maximum Gasteiger partial charge on any atom is 0.140 e. The van der Waals surface area contributed by atoms with E-state index in [1.165, 1.54) is 18.4 Å². The van der Waals surface area contributed by atoms with Crippen molar-refractivity contribution in [2.24, 2.45) is 0 Å². The van der Waals surface area contributed by atoms with E-state index in [1.807, 2.05) is 30.5 Å². The molecule has 3 aromatic heterocycles. The summed E-state index contributed by atoms with van der Waals surface area (Å²) in [5, 5.41) is 16.5. The van der Waals surface area contributed by atoms with Gasteiger partial charge in [0.15, 0.2) is 0 Å². The summed E-state index contributed by atoms with van der Waals surface area (Å²) in [6, 6.07) is 7.87. The first-order valence-electron chi connectivity index (χ1n) is 9.76. The second kappa shape index (κ2) is 6.46. The molecule has 7 nitrogen and oxygen atoms in total. The topological polar surface area (TPSA) is 83.7 Å². The number of aromatic nitrogens is 3. The second-order valence-corrected chi connectivity index (χ2v) is 8.07. The normalized spacial score (nSPS) is 23.1. The maximum absolute atomic E-state index is 10.0. The molecule has 1 saturated carbocycles. The number of nitrogens with one attached hydrogen (secondary N) is 2. The summed E-state index contributed by atoms with van der Waals surface area (Å²) in [5.41, 5.74) is 4.03. The van der Waals surface area contributed by atoms with Crippen molar-refractivity contribution < 1.29 is 9.84 Å². The Kier molecular flexibility index (Phi) is 4.03. The summed E-state index contributed by atoms with van der Waals surface area (Å²) >= 11 is 0. The summed E-state index contributed by atoms with van der Waals surface area (Å²) < 4.78 is 7.73. The SMILES string of the molecule is COc1cc2ncc(-c3cccc(NC4CNCC4O)n3)n2cc1C1(C)CC1. The van der Waals surface area contributed by atoms with Crippen LogP contribution in [0.4, 0.5) is 5.82 Å². The van der Waals surface area contributed by atoms with E-state index in [1.54, 1.807) is 7.11 Å². The fourth-order valence-electron chi connectivity index (χ4n) is 3.93. The molecule has 1 aliphatic heterocycles. The van der Waals surface area contributed by atoms with Crippen LogP contribution in [-0.2, 0) is 5.41 Å². The molecule has 146 valence electrons. The minimum atomic E-state index is -0.407. The van der Waals surface area contributed by atoms with E-state index < -0.39 is 6.10 Å². The molecule has 28 heavy (non-hydrogen) atoms. The zero-order valence-electron chi connectivity index (χ0n) is 16.1. The van der Waals surface area contributed by atoms with E-state index in [4.69, 9.17) is 9.72 Å². The summed E-state index contributed by atoms with van der Waals surface area (Å²) in [5.74, 6) is 1.65. The third-order valence-electron chi connectivity index (χ3n) is 6.01. The van der Waals surface area contributed by atoms with Gasteiger partial charge in [0, 0.05) is 30.9 Å². The maximum atomic E-state index is 10.0. The van der Waals surface area contributed by atoms with Crippen LogP contribution < -0.4 is 15.4 Å². The van der Waals surface area contributed by atoms with Gasteiger partial charge in [0.05, 0.1) is 36.8 Å². The van der Waals surface area contributed by atoms with Crippen molar-refractivity contribution in [1.82, 2.24) is 19.7 Å². The van der Waals surface area contributed by atoms with Gasteiger partial charge in [-0.25, -0.2) is 9.97 Å². The van der Waals surface area contributed by atoms with Gasteiger partial charge in [-0.2, -0.15) is 0 Å². The van der Waals surface area contributed by atoms with Crippen LogP contribution in [0.25, 0.3) is 17.0 Å². The van der Waals surface area contributed by atoms with Crippen LogP contribution in [0.2, 0.25) is 0 Å². The number of fused-ring (bicyclic) bond motifs is 1. The molecule has 0 spiro atoms. The molecule has 1 aliphatic carbocycles. The van der Waals surface area contributed by atoms with Gasteiger partial charge in [0.2, 0.25) is 0 Å². The number of imidazole rings is 1. The fraction of sp³-hybridized carbons (Fsp3) is 0.429. The number of methoxy groups -OCH3 is 1. The number of ether oxygens (including phenoxy) is 1. The predicted octanol–water partition coefficient (Wildman–Crippen LogP) is 2.20. The molecule has 2 aliphatic rings. The Morgan fingerprint density at radius 1 is 1.32 bits per heavy atom. The second-order valence-electron chi connectivity index (χ2n) is 8.07. The van der Waals surface area contributed by atoms with Gasteiger partial charge in [-0.3, -0.25) is 4.40 Å². The fourth-order valence-corrected chi connectivity index (χ4v) is 3.93. The summed E-state index contributed by atoms with van der Waals surface area (Å²) in [4.78, 5) is 9.34. The minimum absolute atomic E-state index is 0.0318. The average Bonchev–Trinajstić information content (AvgIpc) is 3.12. The predicted molar refractivity (Wildman–Crippen MR) is 108 cm³/mol. The molecule has 5 rings (SSSR count). The van der Waals surface area contributed by atoms with Crippen LogP contribution >= 0.6 is 0 Å². The van der Waals surface area contributed by atoms with E-state index in [2.05, 4.69) is 33.1 Å². The van der Waals surface area contributed by atoms with Crippen molar-refractivity contribution in [2.75, 3.05) is 25.5 Å². The summed E-state index contributed by atoms with van der Waals surface area (Å²) in [6.07, 6.45) is 5.94. The molecular weight excluding hydrogens is 354 g/mol. The van der Waals surface area contributed by atoms with Gasteiger partial charge >= 0.3 is 0 Å². The van der Waals surface area contributed by atoms with Gasteiger partial charge in [-0.05, 0) is 30.4 Å². The molecule has 7 heteroatoms. The number of rotatable bonds is 5. The van der Waals surface area contributed by atoms with Crippen molar-refractivity contribution in [3.63, 3.8) is 0 Å². The van der Waals surface area contributed by atoms with Gasteiger partial charge < -0.3 is 20.5 Å². The zero-order chi connectivity index (χ0) is 19.3. The van der Waals surface area contributed by atoms with Crippen LogP contribution in [0.1, 0.15) is 25.3 Å². The standard InChI is InChI=1S/C21H25N5O2/c1-21(6-7-21)13-12-26-16(10-23-20(26)8-18(13)28-2)14-4-3-5-19(24-14)25-15-9-22-11-17(15)27/h3-5,8,10,12,15,17,22,27H,6-7,9,11H2,1-2H3,(H,24,25). The molecule has 2 atom stereocenters. The molecule has 2 unspecified atom stereocenters. The molecule has 1 saturated heterocycles. The Balaban J connectivity index is 1.53. The first kappa shape index (κ1) is 17.5. The smallest absolute Gasteiger partial charge is 0.140 e. The molecule has 3 N–H and O–H groups in total. The van der Waals surface area contributed by atoms with Gasteiger partial charge in [-0.1, -0.05) is 13.0 Å². The van der Waals surface area contributed by atoms with Crippen molar-refractivity contribution in [1.29, 1.82) is 0 Å². The quantitative estimate of drug-likeness (QED) is 0.630. The average molecular weight is 379 g/mol. The van der Waals surface area contributed by atoms with Gasteiger partial charge in [0.1, 0.15) is 17.2 Å². The van der Waals surface area contributed by atoms with Gasteiger partial charge in [-0.15, -0.1) is 0 Å². The summed E-state index contributed by atoms with van der Waals surface area (Å²) in [6.45, 7) is 3.61. The number of β-amino-alcohol motifs (C(OH)–C–C–N with tert-alkyl or cyclic N) is 1. The lowest BCUT2D eigenvalue weighted by molar-refractivity contribution is 0.185. The minimum Gasteiger partial charge on any atom is -0.496 e. The highest BCUT2D eigenvalue weighted by Crippen LogP contribution is 2.51. The molecule has 0 radical (unpaired) electrons. The van der Waals surface area contributed by atoms with E-state index in [0.29, 0.717) is 6.54 Å². The van der Waals surface area contributed by atoms with Crippen LogP contribution in [0.15, 0.2) is 36.7 Å². The number of anilines is 1. The number of aliphatic hydroxyl groups excluding tert-OH is 1. The highest BCUT2D eigenvalue weighted by molar-refractivity contribution is 5.64. The summed E-state index contributed by atoms with van der Waals surface area (Å²) in [7, 11) is 1.72. The zero-order valence-corrected chi connectivity index (χ0v) is 16.1. The van der Waals surface area contributed by atoms with E-state index in [0.717, 1.165) is 35.1 Å². The lowest BCUT2D eigenvalue weighted by Crippen LogP contribution is -2.32. The molecule has 2 fully saturated rings. The number of hydrogen-bond donors (Lipinski definition) is 3. The van der Waals surface area contributed by atoms with Crippen molar-refractivity contribution in [3.8, 4) is 17.1 Å². The van der Waals surface area contributed by atoms with E-state index in [-0.39, 0.29) is 11.5 Å². The first-order chi connectivity index (χ1) is 13.6. The largest absolute Gasteiger partial charge is 0.496 e. The van der Waals surface area contributed by atoms with Crippen LogP contribution in [0.5, 0.6) is 5.75 Å². The molecule has 4 heterocycles. The van der Waals surface area contributed by atoms with Crippen LogP contribution in [0.3, 0.4) is 0 Å². The Morgan fingerprint density at radius 3 is 2.89 bits per heavy atom. The van der Waals surface area contributed by atoms with Crippen molar-refractivity contribution in [3.05, 3.63) is 42.2 Å². The Labute approximate surface area is 163 Å². The third-order valence-corrected chi connectivity index (χ3v) is 6.01. The number of nitrogens with zero attached hydrogens (tertiary/aromatic N) is 3. The number of pyridine rings is 2. The van der Waals surface area contributed by atoms with E-state index >= 15 is 0 Å². The Hall–Kier alpha value is -2.64. The third kappa shape index (κ3) is 2.91. The monoisotopic (exact) mass is 379 g/mol. The number of aliphatic hydroxyl groups is 1. The van der Waals surface area contributed by atoms with Crippen LogP contribution in [0, 0.1) is 0 Å². The lowest BCUT2D eigenvalue weighted by Gasteiger charge is -2.17.